The molecule has 2 aliphatic rings. The number of nitrogens with zero attached hydrogens (tertiary/aromatic N) is 2. The fourth-order valence-corrected chi connectivity index (χ4v) is 5.80. The quantitative estimate of drug-likeness (QED) is 0.261. The molecule has 8 heteroatoms. The molecule has 42 heavy (non-hydrogen) atoms. The van der Waals surface area contributed by atoms with Gasteiger partial charge < -0.3 is 19.7 Å². The minimum atomic E-state index is -0.159. The third kappa shape index (κ3) is 7.20. The summed E-state index contributed by atoms with van der Waals surface area (Å²) in [5.41, 5.74) is 5.22. The van der Waals surface area contributed by atoms with Crippen LogP contribution in [0.2, 0.25) is 5.02 Å². The molecule has 0 atom stereocenters. The van der Waals surface area contributed by atoms with Crippen LogP contribution in [0.25, 0.3) is 0 Å². The molecule has 7 nitrogen and oxygen atoms in total. The Morgan fingerprint density at radius 3 is 2.31 bits per heavy atom. The van der Waals surface area contributed by atoms with Crippen molar-refractivity contribution in [2.45, 2.75) is 39.5 Å². The third-order valence-electron chi connectivity index (χ3n) is 7.85. The molecule has 0 radical (unpaired) electrons. The van der Waals surface area contributed by atoms with Gasteiger partial charge in [0, 0.05) is 33.7 Å². The van der Waals surface area contributed by atoms with Gasteiger partial charge in [-0.2, -0.15) is 0 Å². The van der Waals surface area contributed by atoms with E-state index in [9.17, 15) is 9.59 Å². The molecule has 1 saturated heterocycles. The molecule has 2 aliphatic heterocycles. The van der Waals surface area contributed by atoms with Crippen LogP contribution in [-0.4, -0.2) is 61.7 Å². The Balaban J connectivity index is 1.18. The van der Waals surface area contributed by atoms with Crippen LogP contribution in [0.5, 0.6) is 11.5 Å². The maximum Gasteiger partial charge on any atom is 0.246 e. The third-order valence-corrected chi connectivity index (χ3v) is 8.10. The zero-order valence-electron chi connectivity index (χ0n) is 24.3. The second-order valence-corrected chi connectivity index (χ2v) is 11.1. The first-order valence-corrected chi connectivity index (χ1v) is 15.2. The van der Waals surface area contributed by atoms with Crippen molar-refractivity contribution in [3.8, 4) is 11.5 Å². The Labute approximate surface area is 252 Å². The van der Waals surface area contributed by atoms with Gasteiger partial charge in [-0.15, -0.1) is 0 Å². The molecule has 220 valence electrons. The Morgan fingerprint density at radius 1 is 0.976 bits per heavy atom. The second kappa shape index (κ2) is 14.0. The van der Waals surface area contributed by atoms with Gasteiger partial charge in [0.15, 0.2) is 17.3 Å². The van der Waals surface area contributed by atoms with Gasteiger partial charge in [0.25, 0.3) is 0 Å². The number of carbonyl (C=O) groups excluding carboxylic acids is 2. The number of Topliss-reactive ketones (excluding diaryl/α,β-unsaturated/α-hetero) is 1. The van der Waals surface area contributed by atoms with Gasteiger partial charge in [-0.1, -0.05) is 35.9 Å². The first kappa shape index (κ1) is 29.8. The fraction of sp³-hybridized carbons (Fsp3) is 0.382. The molecule has 3 aromatic rings. The highest BCUT2D eigenvalue weighted by molar-refractivity contribution is 6.30. The number of benzodiazepines with no additional fused rings is 1. The van der Waals surface area contributed by atoms with E-state index in [1.807, 2.05) is 38.1 Å². The molecular weight excluding hydrogens is 550 g/mol. The van der Waals surface area contributed by atoms with Gasteiger partial charge in [-0.25, -0.2) is 0 Å². The zero-order chi connectivity index (χ0) is 29.5. The largest absolute Gasteiger partial charge is 0.490 e. The number of carbonyl (C=O) groups is 2. The molecule has 3 aromatic carbocycles. The van der Waals surface area contributed by atoms with Crippen molar-refractivity contribution in [3.05, 3.63) is 87.9 Å². The minimum absolute atomic E-state index is 0.0572. The van der Waals surface area contributed by atoms with E-state index >= 15 is 0 Å². The normalized spacial score (nSPS) is 15.8. The molecule has 0 bridgehead atoms. The van der Waals surface area contributed by atoms with Crippen LogP contribution >= 0.6 is 11.6 Å². The van der Waals surface area contributed by atoms with Gasteiger partial charge in [-0.3, -0.25) is 14.6 Å². The highest BCUT2D eigenvalue weighted by atomic mass is 35.5. The highest BCUT2D eigenvalue weighted by Crippen LogP contribution is 2.36. The van der Waals surface area contributed by atoms with Crippen molar-refractivity contribution in [2.24, 2.45) is 10.9 Å². The van der Waals surface area contributed by atoms with Crippen LogP contribution in [0, 0.1) is 5.92 Å². The molecule has 1 fully saturated rings. The summed E-state index contributed by atoms with van der Waals surface area (Å²) in [5, 5.41) is 3.62. The van der Waals surface area contributed by atoms with Crippen LogP contribution in [0.1, 0.15) is 60.2 Å². The van der Waals surface area contributed by atoms with Crippen LogP contribution in [0.15, 0.2) is 65.7 Å². The SMILES string of the molecule is CCOc1cc2c(cc1OCC)C(c1ccc(CCCN3CCC(C(=O)c4ccc(Cl)cc4)CC3)cc1)=NCC(=O)N2. The van der Waals surface area contributed by atoms with Crippen molar-refractivity contribution in [1.29, 1.82) is 0 Å². The topological polar surface area (TPSA) is 80.2 Å². The van der Waals surface area contributed by atoms with Crippen molar-refractivity contribution in [1.82, 2.24) is 4.90 Å². The van der Waals surface area contributed by atoms with E-state index < -0.39 is 0 Å². The zero-order valence-corrected chi connectivity index (χ0v) is 25.1. The summed E-state index contributed by atoms with van der Waals surface area (Å²) in [6.45, 7) is 7.82. The molecule has 1 amide bonds. The van der Waals surface area contributed by atoms with Crippen LogP contribution < -0.4 is 14.8 Å². The molecule has 0 aliphatic carbocycles. The van der Waals surface area contributed by atoms with Crippen molar-refractivity contribution >= 4 is 34.7 Å². The Bertz CT molecular complexity index is 1430. The minimum Gasteiger partial charge on any atom is -0.490 e. The Morgan fingerprint density at radius 2 is 1.64 bits per heavy atom. The number of hydrogen-bond donors (Lipinski definition) is 1. The summed E-state index contributed by atoms with van der Waals surface area (Å²) in [4.78, 5) is 32.4. The maximum atomic E-state index is 12.8. The van der Waals surface area contributed by atoms with E-state index in [-0.39, 0.29) is 24.2 Å². The lowest BCUT2D eigenvalue weighted by Crippen LogP contribution is -2.37. The van der Waals surface area contributed by atoms with E-state index in [4.69, 9.17) is 21.1 Å². The average molecular weight is 588 g/mol. The summed E-state index contributed by atoms with van der Waals surface area (Å²) >= 11 is 5.97. The molecule has 5 rings (SSSR count). The van der Waals surface area contributed by atoms with Gasteiger partial charge in [0.2, 0.25) is 5.91 Å². The van der Waals surface area contributed by atoms with Crippen LogP contribution in [0.3, 0.4) is 0 Å². The number of nitrogens with one attached hydrogen (secondary N) is 1. The lowest BCUT2D eigenvalue weighted by molar-refractivity contribution is -0.114. The second-order valence-electron chi connectivity index (χ2n) is 10.7. The van der Waals surface area contributed by atoms with E-state index in [2.05, 4.69) is 39.5 Å². The lowest BCUT2D eigenvalue weighted by atomic mass is 9.89. The van der Waals surface area contributed by atoms with Gasteiger partial charge in [0.1, 0.15) is 6.54 Å². The summed E-state index contributed by atoms with van der Waals surface area (Å²) in [5.74, 6) is 1.40. The fourth-order valence-electron chi connectivity index (χ4n) is 5.67. The van der Waals surface area contributed by atoms with Gasteiger partial charge in [0.05, 0.1) is 24.6 Å². The summed E-state index contributed by atoms with van der Waals surface area (Å²) in [7, 11) is 0. The predicted octanol–water partition coefficient (Wildman–Crippen LogP) is 6.45. The first-order chi connectivity index (χ1) is 20.4. The molecule has 1 N–H and O–H groups in total. The summed E-state index contributed by atoms with van der Waals surface area (Å²) in [6.07, 6.45) is 3.82. The molecule has 0 spiro atoms. The van der Waals surface area contributed by atoms with Crippen LogP contribution in [0.4, 0.5) is 5.69 Å². The van der Waals surface area contributed by atoms with Gasteiger partial charge >= 0.3 is 0 Å². The molecule has 0 saturated carbocycles. The number of ketones is 1. The number of likely N-dealkylation sites (tertiary alicyclic amines) is 1. The molecule has 0 aromatic heterocycles. The van der Waals surface area contributed by atoms with Crippen molar-refractivity contribution < 1.29 is 19.1 Å². The number of anilines is 1. The number of hydrogen-bond acceptors (Lipinski definition) is 6. The van der Waals surface area contributed by atoms with Crippen molar-refractivity contribution in [2.75, 3.05) is 44.7 Å². The monoisotopic (exact) mass is 587 g/mol. The average Bonchev–Trinajstić information content (AvgIpc) is 3.16. The molecular formula is C34H38ClN3O4. The lowest BCUT2D eigenvalue weighted by Gasteiger charge is -2.31. The number of aliphatic imine (C=N–C) groups is 1. The van der Waals surface area contributed by atoms with E-state index in [1.165, 1.54) is 5.56 Å². The smallest absolute Gasteiger partial charge is 0.246 e. The number of aryl methyl sites for hydroxylation is 1. The number of rotatable bonds is 11. The predicted molar refractivity (Wildman–Crippen MR) is 168 cm³/mol. The van der Waals surface area contributed by atoms with E-state index in [0.29, 0.717) is 35.4 Å². The first-order valence-electron chi connectivity index (χ1n) is 14.8. The molecule has 0 unspecified atom stereocenters. The number of halogens is 1. The number of fused-ring (bicyclic) bond motifs is 1. The number of benzene rings is 3. The number of ether oxygens (including phenoxy) is 2. The Hall–Kier alpha value is -3.68. The van der Waals surface area contributed by atoms with E-state index in [1.54, 1.807) is 12.1 Å². The maximum absolute atomic E-state index is 12.8. The standard InChI is InChI=1S/C34H38ClN3O4/c1-3-41-30-20-28-29(21-31(30)42-4-2)37-32(39)22-36-33(28)24-9-7-23(8-10-24)6-5-17-38-18-15-26(16-19-38)34(40)25-11-13-27(35)14-12-25/h7-14,20-21,26H,3-6,15-19,22H2,1-2H3,(H,37,39). The van der Waals surface area contributed by atoms with Gasteiger partial charge in [-0.05, 0) is 95.1 Å². The number of amides is 1. The van der Waals surface area contributed by atoms with Crippen molar-refractivity contribution in [3.63, 3.8) is 0 Å². The summed E-state index contributed by atoms with van der Waals surface area (Å²) in [6, 6.07) is 19.4. The molecule has 2 heterocycles. The summed E-state index contributed by atoms with van der Waals surface area (Å²) < 4.78 is 11.6. The number of piperidine rings is 1. The highest BCUT2D eigenvalue weighted by Gasteiger charge is 2.26. The van der Waals surface area contributed by atoms with E-state index in [0.717, 1.165) is 67.7 Å². The van der Waals surface area contributed by atoms with Crippen LogP contribution in [-0.2, 0) is 11.2 Å². The Kier molecular flexibility index (Phi) is 9.93.